The first-order valence-corrected chi connectivity index (χ1v) is 5.15. The molecule has 18 heavy (non-hydrogen) atoms. The van der Waals surface area contributed by atoms with Gasteiger partial charge in [0, 0.05) is 0 Å². The van der Waals surface area contributed by atoms with Crippen LogP contribution in [0.15, 0.2) is 23.4 Å². The Balaban J connectivity index is 3.30. The molecule has 0 aliphatic carbocycles. The van der Waals surface area contributed by atoms with E-state index in [0.717, 1.165) is 12.1 Å². The van der Waals surface area contributed by atoms with E-state index in [1.165, 1.54) is 0 Å². The fourth-order valence-corrected chi connectivity index (χ4v) is 1.62. The topological polar surface area (TPSA) is 83.4 Å². The number of halogens is 3. The van der Waals surface area contributed by atoms with Crippen molar-refractivity contribution in [3.05, 3.63) is 39.3 Å². The molecule has 0 atom stereocenters. The fraction of sp³-hybridized carbons (Fsp3) is 0. The summed E-state index contributed by atoms with van der Waals surface area (Å²) in [6, 6.07) is 6.71. The molecule has 4 nitrogen and oxygen atoms in total. The Kier molecular flexibility index (Phi) is 4.52. The second-order valence-electron chi connectivity index (χ2n) is 2.95. The molecule has 1 N–H and O–H groups in total. The molecule has 1 aromatic rings. The third kappa shape index (κ3) is 2.90. The molecule has 0 unspecified atom stereocenters. The van der Waals surface area contributed by atoms with E-state index < -0.39 is 11.4 Å². The van der Waals surface area contributed by atoms with Crippen molar-refractivity contribution in [2.45, 2.75) is 0 Å². The van der Waals surface area contributed by atoms with E-state index in [4.69, 9.17) is 39.0 Å². The quantitative estimate of drug-likeness (QED) is 0.842. The largest absolute Gasteiger partial charge is 0.343 e. The summed E-state index contributed by atoms with van der Waals surface area (Å²) in [6.07, 6.45) is 0. The molecule has 0 aromatic heterocycles. The van der Waals surface area contributed by atoms with Crippen LogP contribution in [0.4, 0.5) is 10.1 Å². The normalized spacial score (nSPS) is 8.67. The second kappa shape index (κ2) is 5.89. The number of benzene rings is 1. The Morgan fingerprint density at radius 1 is 1.06 bits per heavy atom. The zero-order chi connectivity index (χ0) is 13.7. The number of allylic oxidation sites excluding steroid dienone is 2. The molecular weight excluding hydrogens is 278 g/mol. The highest BCUT2D eigenvalue weighted by molar-refractivity contribution is 6.39. The maximum absolute atomic E-state index is 12.9. The zero-order valence-corrected chi connectivity index (χ0v) is 10.1. The van der Waals surface area contributed by atoms with Gasteiger partial charge >= 0.3 is 0 Å². The van der Waals surface area contributed by atoms with Crippen molar-refractivity contribution in [3.63, 3.8) is 0 Å². The monoisotopic (exact) mass is 280 g/mol. The van der Waals surface area contributed by atoms with Crippen LogP contribution in [0.5, 0.6) is 0 Å². The molecule has 0 radical (unpaired) electrons. The Labute approximate surface area is 112 Å². The van der Waals surface area contributed by atoms with Crippen molar-refractivity contribution < 1.29 is 4.39 Å². The van der Waals surface area contributed by atoms with Gasteiger partial charge in [0.15, 0.2) is 5.57 Å². The molecule has 0 saturated heterocycles. The summed E-state index contributed by atoms with van der Waals surface area (Å²) in [6.45, 7) is 0. The Bertz CT molecular complexity index is 607. The van der Waals surface area contributed by atoms with E-state index in [-0.39, 0.29) is 21.4 Å². The van der Waals surface area contributed by atoms with Gasteiger partial charge in [-0.3, -0.25) is 0 Å². The molecule has 0 saturated carbocycles. The van der Waals surface area contributed by atoms with Crippen LogP contribution in [0.2, 0.25) is 10.0 Å². The third-order valence-corrected chi connectivity index (χ3v) is 2.44. The highest BCUT2D eigenvalue weighted by Gasteiger charge is 2.12. The first kappa shape index (κ1) is 13.8. The number of anilines is 1. The van der Waals surface area contributed by atoms with E-state index in [1.54, 1.807) is 18.2 Å². The molecule has 88 valence electrons. The van der Waals surface area contributed by atoms with E-state index in [2.05, 4.69) is 5.32 Å². The third-order valence-electron chi connectivity index (χ3n) is 1.84. The highest BCUT2D eigenvalue weighted by Crippen LogP contribution is 2.32. The smallest absolute Gasteiger partial charge is 0.163 e. The van der Waals surface area contributed by atoms with Gasteiger partial charge in [-0.15, -0.1) is 0 Å². The zero-order valence-electron chi connectivity index (χ0n) is 8.63. The van der Waals surface area contributed by atoms with Crippen molar-refractivity contribution in [3.8, 4) is 18.2 Å². The van der Waals surface area contributed by atoms with Crippen molar-refractivity contribution in [2.75, 3.05) is 5.32 Å². The first-order chi connectivity index (χ1) is 8.53. The molecule has 0 aliphatic heterocycles. The van der Waals surface area contributed by atoms with Crippen LogP contribution in [0.25, 0.3) is 0 Å². The highest BCUT2D eigenvalue weighted by atomic mass is 35.5. The minimum Gasteiger partial charge on any atom is -0.343 e. The number of nitrogens with zero attached hydrogens (tertiary/aromatic N) is 3. The van der Waals surface area contributed by atoms with Crippen LogP contribution in [0.1, 0.15) is 0 Å². The number of nitriles is 3. The van der Waals surface area contributed by atoms with E-state index in [1.807, 2.05) is 0 Å². The lowest BCUT2D eigenvalue weighted by atomic mass is 10.2. The molecule has 0 spiro atoms. The van der Waals surface area contributed by atoms with Crippen LogP contribution in [0, 0.1) is 39.8 Å². The number of hydrogen-bond acceptors (Lipinski definition) is 4. The van der Waals surface area contributed by atoms with Gasteiger partial charge in [-0.25, -0.2) is 4.39 Å². The fourth-order valence-electron chi connectivity index (χ4n) is 1.07. The van der Waals surface area contributed by atoms with E-state index >= 15 is 0 Å². The van der Waals surface area contributed by atoms with E-state index in [9.17, 15) is 4.39 Å². The number of hydrogen-bond donors (Lipinski definition) is 1. The van der Waals surface area contributed by atoms with Crippen molar-refractivity contribution >= 4 is 28.9 Å². The maximum Gasteiger partial charge on any atom is 0.163 e. The van der Waals surface area contributed by atoms with E-state index in [0.29, 0.717) is 0 Å². The van der Waals surface area contributed by atoms with Gasteiger partial charge in [0.2, 0.25) is 0 Å². The molecule has 0 heterocycles. The average molecular weight is 281 g/mol. The molecule has 0 bridgehead atoms. The molecule has 0 aliphatic rings. The van der Waals surface area contributed by atoms with Gasteiger partial charge < -0.3 is 5.32 Å². The van der Waals surface area contributed by atoms with Crippen LogP contribution in [-0.4, -0.2) is 0 Å². The van der Waals surface area contributed by atoms with Crippen LogP contribution >= 0.6 is 23.2 Å². The standard InChI is InChI=1S/C11H3Cl2FN4/c12-8-1-7(14)2-9(13)11(8)18-10(5-17)6(3-15)4-16/h1-2,18H. The Morgan fingerprint density at radius 2 is 1.56 bits per heavy atom. The first-order valence-electron chi connectivity index (χ1n) is 4.39. The van der Waals surface area contributed by atoms with Crippen molar-refractivity contribution in [1.29, 1.82) is 15.8 Å². The lowest BCUT2D eigenvalue weighted by Gasteiger charge is -2.09. The second-order valence-corrected chi connectivity index (χ2v) is 3.77. The van der Waals surface area contributed by atoms with Crippen molar-refractivity contribution in [1.82, 2.24) is 0 Å². The summed E-state index contributed by atoms with van der Waals surface area (Å²) in [4.78, 5) is 0. The van der Waals surface area contributed by atoms with Gasteiger partial charge in [0.05, 0.1) is 15.7 Å². The maximum atomic E-state index is 12.9. The van der Waals surface area contributed by atoms with Crippen molar-refractivity contribution in [2.24, 2.45) is 0 Å². The number of rotatable bonds is 2. The van der Waals surface area contributed by atoms with Crippen LogP contribution in [0.3, 0.4) is 0 Å². The summed E-state index contributed by atoms with van der Waals surface area (Å²) < 4.78 is 12.9. The Morgan fingerprint density at radius 3 is 1.94 bits per heavy atom. The molecule has 1 rings (SSSR count). The lowest BCUT2D eigenvalue weighted by molar-refractivity contribution is 0.628. The summed E-state index contributed by atoms with van der Waals surface area (Å²) in [5.41, 5.74) is -0.677. The minimum absolute atomic E-state index is 0.0549. The van der Waals surface area contributed by atoms with Crippen LogP contribution < -0.4 is 5.32 Å². The minimum atomic E-state index is -0.640. The summed E-state index contributed by atoms with van der Waals surface area (Å²) in [5, 5.41) is 28.4. The van der Waals surface area contributed by atoms with Gasteiger partial charge in [-0.2, -0.15) is 15.8 Å². The number of nitrogens with one attached hydrogen (secondary N) is 1. The summed E-state index contributed by atoms with van der Waals surface area (Å²) >= 11 is 11.5. The summed E-state index contributed by atoms with van der Waals surface area (Å²) in [7, 11) is 0. The predicted octanol–water partition coefficient (Wildman–Crippen LogP) is 3.37. The lowest BCUT2D eigenvalue weighted by Crippen LogP contribution is -2.02. The molecule has 7 heteroatoms. The van der Waals surface area contributed by atoms with Gasteiger partial charge in [-0.05, 0) is 12.1 Å². The molecular formula is C11H3Cl2FN4. The van der Waals surface area contributed by atoms with Gasteiger partial charge in [0.25, 0.3) is 0 Å². The average Bonchev–Trinajstić information content (AvgIpc) is 2.32. The van der Waals surface area contributed by atoms with Crippen LogP contribution in [-0.2, 0) is 0 Å². The van der Waals surface area contributed by atoms with Gasteiger partial charge in [0.1, 0.15) is 29.7 Å². The SMILES string of the molecule is N#CC(C#N)=C(C#N)Nc1c(Cl)cc(F)cc1Cl. The summed E-state index contributed by atoms with van der Waals surface area (Å²) in [5.74, 6) is -0.640. The molecule has 0 fully saturated rings. The Hall–Kier alpha value is -2.26. The molecule has 1 aromatic carbocycles. The van der Waals surface area contributed by atoms with Gasteiger partial charge in [-0.1, -0.05) is 23.2 Å². The molecule has 0 amide bonds. The predicted molar refractivity (Wildman–Crippen MR) is 63.9 cm³/mol.